The number of benzene rings is 2. The second kappa shape index (κ2) is 6.28. The molecule has 1 unspecified atom stereocenters. The molecule has 4 heteroatoms. The van der Waals surface area contributed by atoms with Crippen LogP contribution < -0.4 is 0 Å². The van der Waals surface area contributed by atoms with Crippen molar-refractivity contribution in [2.75, 3.05) is 19.7 Å². The Morgan fingerprint density at radius 2 is 2.00 bits per heavy atom. The highest BCUT2D eigenvalue weighted by atomic mass is 19.1. The van der Waals surface area contributed by atoms with Crippen LogP contribution in [-0.4, -0.2) is 30.5 Å². The first-order chi connectivity index (χ1) is 10.6. The first-order valence-corrected chi connectivity index (χ1v) is 7.37. The van der Waals surface area contributed by atoms with Crippen LogP contribution in [-0.2, 0) is 4.74 Å². The Morgan fingerprint density at radius 1 is 1.23 bits per heavy atom. The molecule has 3 rings (SSSR count). The fourth-order valence-electron chi connectivity index (χ4n) is 2.61. The van der Waals surface area contributed by atoms with Gasteiger partial charge in [0.25, 0.3) is 5.91 Å². The summed E-state index contributed by atoms with van der Waals surface area (Å²) in [5.41, 5.74) is 1.98. The van der Waals surface area contributed by atoms with Crippen LogP contribution >= 0.6 is 0 Å². The summed E-state index contributed by atoms with van der Waals surface area (Å²) in [7, 11) is 0. The number of rotatable bonds is 2. The molecule has 0 saturated carbocycles. The quantitative estimate of drug-likeness (QED) is 0.851. The van der Waals surface area contributed by atoms with Crippen molar-refractivity contribution in [1.82, 2.24) is 4.90 Å². The van der Waals surface area contributed by atoms with Crippen molar-refractivity contribution in [3.05, 3.63) is 71.0 Å². The number of carbonyl (C=O) groups excluding carboxylic acids is 1. The molecule has 1 atom stereocenters. The van der Waals surface area contributed by atoms with E-state index in [2.05, 4.69) is 0 Å². The predicted molar refractivity (Wildman–Crippen MR) is 82.2 cm³/mol. The maximum Gasteiger partial charge on any atom is 0.254 e. The van der Waals surface area contributed by atoms with Gasteiger partial charge < -0.3 is 9.64 Å². The van der Waals surface area contributed by atoms with Gasteiger partial charge in [-0.3, -0.25) is 4.79 Å². The van der Waals surface area contributed by atoms with Crippen molar-refractivity contribution < 1.29 is 13.9 Å². The standard InChI is InChI=1S/C18H18FNO2/c1-13-7-8-15(11-16(13)19)18(21)20-9-10-22-17(12-20)14-5-3-2-4-6-14/h2-8,11,17H,9-10,12H2,1H3. The minimum Gasteiger partial charge on any atom is -0.370 e. The van der Waals surface area contributed by atoms with Gasteiger partial charge >= 0.3 is 0 Å². The number of amides is 1. The van der Waals surface area contributed by atoms with E-state index in [0.717, 1.165) is 5.56 Å². The predicted octanol–water partition coefficient (Wildman–Crippen LogP) is 3.35. The number of nitrogens with zero attached hydrogens (tertiary/aromatic N) is 1. The molecular weight excluding hydrogens is 281 g/mol. The highest BCUT2D eigenvalue weighted by molar-refractivity contribution is 5.94. The van der Waals surface area contributed by atoms with Crippen LogP contribution in [0.15, 0.2) is 48.5 Å². The van der Waals surface area contributed by atoms with E-state index < -0.39 is 0 Å². The largest absolute Gasteiger partial charge is 0.370 e. The second-order valence-corrected chi connectivity index (χ2v) is 5.49. The van der Waals surface area contributed by atoms with Gasteiger partial charge in [-0.2, -0.15) is 0 Å². The maximum absolute atomic E-state index is 13.7. The zero-order valence-corrected chi connectivity index (χ0v) is 12.5. The Labute approximate surface area is 129 Å². The van der Waals surface area contributed by atoms with Crippen molar-refractivity contribution in [3.8, 4) is 0 Å². The molecule has 0 spiro atoms. The molecule has 0 bridgehead atoms. The van der Waals surface area contributed by atoms with E-state index in [1.165, 1.54) is 6.07 Å². The average molecular weight is 299 g/mol. The van der Waals surface area contributed by atoms with Gasteiger partial charge in [-0.05, 0) is 30.2 Å². The van der Waals surface area contributed by atoms with Gasteiger partial charge in [-0.25, -0.2) is 4.39 Å². The lowest BCUT2D eigenvalue weighted by Gasteiger charge is -2.33. The molecule has 1 aliphatic heterocycles. The third kappa shape index (κ3) is 3.02. The van der Waals surface area contributed by atoms with E-state index in [-0.39, 0.29) is 17.8 Å². The number of aryl methyl sites for hydroxylation is 1. The Bertz CT molecular complexity index is 672. The molecule has 114 valence electrons. The van der Waals surface area contributed by atoms with Gasteiger partial charge in [0.15, 0.2) is 0 Å². The van der Waals surface area contributed by atoms with Crippen molar-refractivity contribution in [3.63, 3.8) is 0 Å². The zero-order valence-electron chi connectivity index (χ0n) is 12.5. The van der Waals surface area contributed by atoms with Crippen molar-refractivity contribution in [2.24, 2.45) is 0 Å². The molecule has 0 radical (unpaired) electrons. The summed E-state index contributed by atoms with van der Waals surface area (Å²) in [6.07, 6.45) is -0.130. The summed E-state index contributed by atoms with van der Waals surface area (Å²) < 4.78 is 19.4. The molecule has 2 aromatic rings. The van der Waals surface area contributed by atoms with Gasteiger partial charge in [0, 0.05) is 12.1 Å². The van der Waals surface area contributed by atoms with Crippen molar-refractivity contribution >= 4 is 5.91 Å². The SMILES string of the molecule is Cc1ccc(C(=O)N2CCOC(c3ccccc3)C2)cc1F. The highest BCUT2D eigenvalue weighted by Gasteiger charge is 2.26. The first-order valence-electron chi connectivity index (χ1n) is 7.37. The average Bonchev–Trinajstić information content (AvgIpc) is 2.57. The van der Waals surface area contributed by atoms with Crippen molar-refractivity contribution in [1.29, 1.82) is 0 Å². The zero-order chi connectivity index (χ0) is 15.5. The smallest absolute Gasteiger partial charge is 0.254 e. The van der Waals surface area contributed by atoms with E-state index in [4.69, 9.17) is 4.74 Å². The molecule has 1 heterocycles. The molecule has 0 aromatic heterocycles. The van der Waals surface area contributed by atoms with Gasteiger partial charge in [0.2, 0.25) is 0 Å². The third-order valence-corrected chi connectivity index (χ3v) is 3.94. The lowest BCUT2D eigenvalue weighted by molar-refractivity contribution is -0.0228. The molecule has 1 saturated heterocycles. The second-order valence-electron chi connectivity index (χ2n) is 5.49. The van der Waals surface area contributed by atoms with E-state index in [0.29, 0.717) is 30.8 Å². The maximum atomic E-state index is 13.7. The highest BCUT2D eigenvalue weighted by Crippen LogP contribution is 2.23. The Balaban J connectivity index is 1.76. The molecule has 1 amide bonds. The van der Waals surface area contributed by atoms with Crippen molar-refractivity contribution in [2.45, 2.75) is 13.0 Å². The number of hydrogen-bond donors (Lipinski definition) is 0. The van der Waals surface area contributed by atoms with Crippen LogP contribution in [0.2, 0.25) is 0 Å². The molecule has 2 aromatic carbocycles. The Kier molecular flexibility index (Phi) is 4.20. The fourth-order valence-corrected chi connectivity index (χ4v) is 2.61. The topological polar surface area (TPSA) is 29.5 Å². The number of halogens is 1. The monoisotopic (exact) mass is 299 g/mol. The van der Waals surface area contributed by atoms with E-state index >= 15 is 0 Å². The lowest BCUT2D eigenvalue weighted by atomic mass is 10.1. The van der Waals surface area contributed by atoms with Crippen LogP contribution in [0.4, 0.5) is 4.39 Å². The van der Waals surface area contributed by atoms with Gasteiger partial charge in [0.1, 0.15) is 11.9 Å². The molecule has 3 nitrogen and oxygen atoms in total. The van der Waals surface area contributed by atoms with Crippen LogP contribution in [0.5, 0.6) is 0 Å². The van der Waals surface area contributed by atoms with Gasteiger partial charge in [-0.1, -0.05) is 36.4 Å². The Hall–Kier alpha value is -2.20. The fraction of sp³-hybridized carbons (Fsp3) is 0.278. The molecule has 0 aliphatic carbocycles. The molecule has 22 heavy (non-hydrogen) atoms. The van der Waals surface area contributed by atoms with Crippen LogP contribution in [0, 0.1) is 12.7 Å². The number of carbonyl (C=O) groups is 1. The molecule has 0 N–H and O–H groups in total. The van der Waals surface area contributed by atoms with Gasteiger partial charge in [-0.15, -0.1) is 0 Å². The summed E-state index contributed by atoms with van der Waals surface area (Å²) >= 11 is 0. The minimum absolute atomic E-state index is 0.130. The number of morpholine rings is 1. The van der Waals surface area contributed by atoms with E-state index in [1.807, 2.05) is 30.3 Å². The van der Waals surface area contributed by atoms with Crippen LogP contribution in [0.3, 0.4) is 0 Å². The Morgan fingerprint density at radius 3 is 2.73 bits per heavy atom. The van der Waals surface area contributed by atoms with Crippen LogP contribution in [0.1, 0.15) is 27.6 Å². The van der Waals surface area contributed by atoms with E-state index in [1.54, 1.807) is 24.0 Å². The molecule has 1 aliphatic rings. The summed E-state index contributed by atoms with van der Waals surface area (Å²) in [4.78, 5) is 14.3. The summed E-state index contributed by atoms with van der Waals surface area (Å²) in [5, 5.41) is 0. The summed E-state index contributed by atoms with van der Waals surface area (Å²) in [6, 6.07) is 14.5. The van der Waals surface area contributed by atoms with E-state index in [9.17, 15) is 9.18 Å². The number of hydrogen-bond acceptors (Lipinski definition) is 2. The number of ether oxygens (including phenoxy) is 1. The normalized spacial score (nSPS) is 18.3. The minimum atomic E-state index is -0.348. The molecule has 1 fully saturated rings. The summed E-state index contributed by atoms with van der Waals surface area (Å²) in [5.74, 6) is -0.498. The van der Waals surface area contributed by atoms with Gasteiger partial charge in [0.05, 0.1) is 13.2 Å². The third-order valence-electron chi connectivity index (χ3n) is 3.94. The lowest BCUT2D eigenvalue weighted by Crippen LogP contribution is -2.42. The van der Waals surface area contributed by atoms with Crippen LogP contribution in [0.25, 0.3) is 0 Å². The first kappa shape index (κ1) is 14.7. The summed E-state index contributed by atoms with van der Waals surface area (Å²) in [6.45, 7) is 3.18. The molecular formula is C18H18FNO2.